The summed E-state index contributed by atoms with van der Waals surface area (Å²) < 4.78 is 0. The quantitative estimate of drug-likeness (QED) is 0.639. The Bertz CT molecular complexity index is 135. The third-order valence-electron chi connectivity index (χ3n) is 2.35. The van der Waals surface area contributed by atoms with Crippen molar-refractivity contribution in [2.75, 3.05) is 33.3 Å². The molecule has 0 saturated heterocycles. The Kier molecular flexibility index (Phi) is 8.02. The van der Waals surface area contributed by atoms with Crippen molar-refractivity contribution < 1.29 is 5.11 Å². The van der Waals surface area contributed by atoms with Crippen molar-refractivity contribution in [1.82, 2.24) is 10.2 Å². The zero-order valence-electron chi connectivity index (χ0n) is 11.0. The van der Waals surface area contributed by atoms with Crippen molar-refractivity contribution in [3.05, 3.63) is 0 Å². The number of rotatable bonds is 8. The van der Waals surface area contributed by atoms with Gasteiger partial charge in [-0.2, -0.15) is 0 Å². The number of hydrogen-bond acceptors (Lipinski definition) is 3. The third-order valence-corrected chi connectivity index (χ3v) is 2.35. The molecule has 0 radical (unpaired) electrons. The van der Waals surface area contributed by atoms with Crippen LogP contribution in [0.25, 0.3) is 0 Å². The van der Waals surface area contributed by atoms with E-state index in [1.165, 1.54) is 0 Å². The molecular weight excluding hydrogens is 188 g/mol. The molecule has 15 heavy (non-hydrogen) atoms. The molecule has 1 atom stereocenters. The first-order valence-corrected chi connectivity index (χ1v) is 6.00. The van der Waals surface area contributed by atoms with Crippen LogP contribution in [0.4, 0.5) is 0 Å². The molecule has 3 nitrogen and oxygen atoms in total. The molecule has 0 spiro atoms. The molecule has 0 aromatic carbocycles. The molecular formula is C12H28N2O. The lowest BCUT2D eigenvalue weighted by molar-refractivity contribution is 0.162. The van der Waals surface area contributed by atoms with Crippen LogP contribution in [0.2, 0.25) is 0 Å². The summed E-state index contributed by atoms with van der Waals surface area (Å²) in [5, 5.41) is 12.3. The van der Waals surface area contributed by atoms with Gasteiger partial charge < -0.3 is 15.3 Å². The topological polar surface area (TPSA) is 35.5 Å². The average molecular weight is 216 g/mol. The summed E-state index contributed by atoms with van der Waals surface area (Å²) in [6.45, 7) is 12.3. The molecule has 2 N–H and O–H groups in total. The van der Waals surface area contributed by atoms with Gasteiger partial charge in [-0.25, -0.2) is 0 Å². The van der Waals surface area contributed by atoms with Crippen LogP contribution in [0.1, 0.15) is 27.7 Å². The molecule has 0 aromatic rings. The molecule has 0 aliphatic heterocycles. The summed E-state index contributed by atoms with van der Waals surface area (Å²) in [6, 6.07) is 0.197. The lowest BCUT2D eigenvalue weighted by Crippen LogP contribution is -2.44. The predicted octanol–water partition coefficient (Wildman–Crippen LogP) is 1.18. The van der Waals surface area contributed by atoms with Crippen LogP contribution >= 0.6 is 0 Å². The Morgan fingerprint density at radius 1 is 1.00 bits per heavy atom. The predicted molar refractivity (Wildman–Crippen MR) is 66.0 cm³/mol. The molecule has 0 fully saturated rings. The average Bonchev–Trinajstić information content (AvgIpc) is 2.11. The molecule has 0 amide bonds. The summed E-state index contributed by atoms with van der Waals surface area (Å²) in [6.07, 6.45) is 0. The molecule has 0 bridgehead atoms. The highest BCUT2D eigenvalue weighted by molar-refractivity contribution is 4.71. The lowest BCUT2D eigenvalue weighted by atomic mass is 10.1. The molecule has 0 saturated carbocycles. The van der Waals surface area contributed by atoms with Gasteiger partial charge in [-0.1, -0.05) is 27.7 Å². The zero-order valence-corrected chi connectivity index (χ0v) is 11.0. The number of nitrogens with one attached hydrogen (secondary N) is 1. The van der Waals surface area contributed by atoms with Crippen molar-refractivity contribution in [1.29, 1.82) is 0 Å². The van der Waals surface area contributed by atoms with Crippen molar-refractivity contribution in [2.45, 2.75) is 33.7 Å². The van der Waals surface area contributed by atoms with Crippen LogP contribution in [0.5, 0.6) is 0 Å². The van der Waals surface area contributed by atoms with Crippen LogP contribution in [0.15, 0.2) is 0 Å². The van der Waals surface area contributed by atoms with Crippen molar-refractivity contribution in [3.8, 4) is 0 Å². The maximum atomic E-state index is 9.15. The summed E-state index contributed by atoms with van der Waals surface area (Å²) >= 11 is 0. The van der Waals surface area contributed by atoms with E-state index in [0.717, 1.165) is 19.6 Å². The number of nitrogens with zero attached hydrogens (tertiary/aromatic N) is 1. The maximum Gasteiger partial charge on any atom is 0.0597 e. The van der Waals surface area contributed by atoms with Gasteiger partial charge in [0.25, 0.3) is 0 Å². The second kappa shape index (κ2) is 8.08. The van der Waals surface area contributed by atoms with Gasteiger partial charge in [0.1, 0.15) is 0 Å². The molecule has 0 aromatic heterocycles. The first kappa shape index (κ1) is 14.9. The monoisotopic (exact) mass is 216 g/mol. The van der Waals surface area contributed by atoms with Crippen LogP contribution in [0.3, 0.4) is 0 Å². The van der Waals surface area contributed by atoms with E-state index in [1.807, 2.05) is 7.05 Å². The highest BCUT2D eigenvalue weighted by Crippen LogP contribution is 2.04. The fraction of sp³-hybridized carbons (Fsp3) is 1.00. The normalized spacial score (nSPS) is 14.2. The zero-order chi connectivity index (χ0) is 11.8. The molecule has 0 heterocycles. The van der Waals surface area contributed by atoms with Gasteiger partial charge in [0, 0.05) is 25.7 Å². The lowest BCUT2D eigenvalue weighted by Gasteiger charge is -2.29. The fourth-order valence-corrected chi connectivity index (χ4v) is 1.81. The van der Waals surface area contributed by atoms with Gasteiger partial charge in [0.2, 0.25) is 0 Å². The van der Waals surface area contributed by atoms with Gasteiger partial charge in [-0.05, 0) is 18.9 Å². The first-order valence-electron chi connectivity index (χ1n) is 6.00. The van der Waals surface area contributed by atoms with E-state index < -0.39 is 0 Å². The highest BCUT2D eigenvalue weighted by Gasteiger charge is 2.14. The minimum atomic E-state index is 0.197. The molecule has 1 unspecified atom stereocenters. The maximum absolute atomic E-state index is 9.15. The van der Waals surface area contributed by atoms with Gasteiger partial charge in [-0.3, -0.25) is 0 Å². The summed E-state index contributed by atoms with van der Waals surface area (Å²) in [5.74, 6) is 1.36. The van der Waals surface area contributed by atoms with Crippen molar-refractivity contribution in [3.63, 3.8) is 0 Å². The molecule has 0 aliphatic carbocycles. The second-order valence-corrected chi connectivity index (χ2v) is 5.17. The number of likely N-dealkylation sites (N-methyl/N-ethyl adjacent to an activating group) is 1. The Hall–Kier alpha value is -0.120. The molecule has 0 aliphatic rings. The third kappa shape index (κ3) is 7.77. The van der Waals surface area contributed by atoms with Gasteiger partial charge >= 0.3 is 0 Å². The van der Waals surface area contributed by atoms with Crippen molar-refractivity contribution in [2.24, 2.45) is 11.8 Å². The van der Waals surface area contributed by atoms with E-state index in [4.69, 9.17) is 5.11 Å². The van der Waals surface area contributed by atoms with Gasteiger partial charge in [0.05, 0.1) is 6.61 Å². The van der Waals surface area contributed by atoms with E-state index in [9.17, 15) is 0 Å². The minimum Gasteiger partial charge on any atom is -0.395 e. The van der Waals surface area contributed by atoms with E-state index in [-0.39, 0.29) is 12.6 Å². The number of aliphatic hydroxyl groups is 1. The first-order chi connectivity index (χ1) is 6.99. The Morgan fingerprint density at radius 3 is 1.73 bits per heavy atom. The number of aliphatic hydroxyl groups excluding tert-OH is 1. The van der Waals surface area contributed by atoms with E-state index in [1.54, 1.807) is 0 Å². The largest absolute Gasteiger partial charge is 0.395 e. The molecule has 92 valence electrons. The van der Waals surface area contributed by atoms with Crippen LogP contribution in [-0.2, 0) is 0 Å². The van der Waals surface area contributed by atoms with Gasteiger partial charge in [-0.15, -0.1) is 0 Å². The van der Waals surface area contributed by atoms with Crippen LogP contribution in [-0.4, -0.2) is 49.3 Å². The minimum absolute atomic E-state index is 0.197. The molecule has 3 heteroatoms. The van der Waals surface area contributed by atoms with E-state index in [0.29, 0.717) is 11.8 Å². The number of hydrogen-bond donors (Lipinski definition) is 2. The Labute approximate surface area is 94.9 Å². The summed E-state index contributed by atoms with van der Waals surface area (Å²) in [7, 11) is 1.91. The molecule has 0 rings (SSSR count). The summed E-state index contributed by atoms with van der Waals surface area (Å²) in [4.78, 5) is 2.44. The van der Waals surface area contributed by atoms with Crippen LogP contribution < -0.4 is 5.32 Å². The van der Waals surface area contributed by atoms with E-state index in [2.05, 4.69) is 37.9 Å². The van der Waals surface area contributed by atoms with Crippen molar-refractivity contribution >= 4 is 0 Å². The SMILES string of the molecule is CNC(CO)CN(CC(C)C)CC(C)C. The summed E-state index contributed by atoms with van der Waals surface area (Å²) in [5.41, 5.74) is 0. The second-order valence-electron chi connectivity index (χ2n) is 5.17. The standard InChI is InChI=1S/C12H28N2O/c1-10(2)6-14(7-11(3)4)8-12(9-15)13-5/h10-13,15H,6-9H2,1-5H3. The highest BCUT2D eigenvalue weighted by atomic mass is 16.3. The Morgan fingerprint density at radius 2 is 1.47 bits per heavy atom. The van der Waals surface area contributed by atoms with Crippen LogP contribution in [0, 0.1) is 11.8 Å². The fourth-order valence-electron chi connectivity index (χ4n) is 1.81. The van der Waals surface area contributed by atoms with Gasteiger partial charge in [0.15, 0.2) is 0 Å². The smallest absolute Gasteiger partial charge is 0.0597 e. The van der Waals surface area contributed by atoms with E-state index >= 15 is 0 Å². The Balaban J connectivity index is 4.09.